The lowest BCUT2D eigenvalue weighted by molar-refractivity contribution is 0.430. The van der Waals surface area contributed by atoms with Gasteiger partial charge in [-0.1, -0.05) is 6.92 Å². The van der Waals surface area contributed by atoms with Crippen LogP contribution in [0, 0.1) is 0 Å². The van der Waals surface area contributed by atoms with Crippen molar-refractivity contribution in [2.24, 2.45) is 0 Å². The van der Waals surface area contributed by atoms with Crippen LogP contribution in [0.25, 0.3) is 5.65 Å². The fourth-order valence-electron chi connectivity index (χ4n) is 1.93. The molecule has 1 aliphatic heterocycles. The van der Waals surface area contributed by atoms with Crippen molar-refractivity contribution in [3.05, 3.63) is 33.9 Å². The number of hydrogen-bond donors (Lipinski definition) is 2. The zero-order chi connectivity index (χ0) is 11.1. The van der Waals surface area contributed by atoms with Gasteiger partial charge in [0.25, 0.3) is 5.56 Å². The molecule has 0 atom stereocenters. The zero-order valence-electron chi connectivity index (χ0n) is 9.16. The Morgan fingerprint density at radius 3 is 2.94 bits per heavy atom. The normalized spacial score (nSPS) is 16.6. The molecule has 0 aromatic carbocycles. The maximum absolute atomic E-state index is 11.8. The molecule has 2 N–H and O–H groups in total. The summed E-state index contributed by atoms with van der Waals surface area (Å²) in [7, 11) is 0. The zero-order valence-corrected chi connectivity index (χ0v) is 9.16. The Bertz CT molecular complexity index is 579. The number of nitrogens with zero attached hydrogens (tertiary/aromatic N) is 2. The maximum Gasteiger partial charge on any atom is 0.271 e. The van der Waals surface area contributed by atoms with Gasteiger partial charge in [0.05, 0.1) is 0 Å². The lowest BCUT2D eigenvalue weighted by Crippen LogP contribution is -2.40. The number of rotatable bonds is 2. The summed E-state index contributed by atoms with van der Waals surface area (Å²) in [5.74, 6) is 1.33. The summed E-state index contributed by atoms with van der Waals surface area (Å²) in [6.45, 7) is 3.92. The molecule has 5 heteroatoms. The van der Waals surface area contributed by atoms with Gasteiger partial charge >= 0.3 is 0 Å². The van der Waals surface area contributed by atoms with Crippen molar-refractivity contribution in [1.29, 1.82) is 0 Å². The smallest absolute Gasteiger partial charge is 0.271 e. The standard InChI is InChI=1S/C11H14N4O/c1-2-7-3-9-13-11(8-5-12-6-8)14-15(9)10(16)4-7/h3-4,8,12H,2,5-6H2,1H3,(H,13,14). The molecular formula is C11H14N4O. The molecule has 0 bridgehead atoms. The van der Waals surface area contributed by atoms with E-state index in [1.165, 1.54) is 4.52 Å². The van der Waals surface area contributed by atoms with E-state index in [1.54, 1.807) is 6.07 Å². The third kappa shape index (κ3) is 1.36. The maximum atomic E-state index is 11.8. The predicted molar refractivity (Wildman–Crippen MR) is 60.8 cm³/mol. The van der Waals surface area contributed by atoms with Crippen molar-refractivity contribution >= 4 is 5.65 Å². The molecule has 1 saturated heterocycles. The van der Waals surface area contributed by atoms with Crippen LogP contribution in [0.2, 0.25) is 0 Å². The molecule has 0 spiro atoms. The molecule has 0 aliphatic carbocycles. The number of H-pyrrole nitrogens is 1. The molecule has 3 heterocycles. The largest absolute Gasteiger partial charge is 0.315 e. The topological polar surface area (TPSA) is 62.2 Å². The van der Waals surface area contributed by atoms with Crippen LogP contribution >= 0.6 is 0 Å². The van der Waals surface area contributed by atoms with E-state index in [-0.39, 0.29) is 5.56 Å². The second kappa shape index (κ2) is 3.45. The summed E-state index contributed by atoms with van der Waals surface area (Å²) >= 11 is 0. The molecule has 5 nitrogen and oxygen atoms in total. The Hall–Kier alpha value is -1.62. The van der Waals surface area contributed by atoms with E-state index in [0.29, 0.717) is 5.92 Å². The number of aromatic amines is 1. The summed E-state index contributed by atoms with van der Waals surface area (Å²) in [5, 5.41) is 6.26. The molecule has 1 aliphatic rings. The van der Waals surface area contributed by atoms with Gasteiger partial charge in [-0.3, -0.25) is 9.89 Å². The van der Waals surface area contributed by atoms with Crippen LogP contribution in [0.3, 0.4) is 0 Å². The highest BCUT2D eigenvalue weighted by Crippen LogP contribution is 2.16. The third-order valence-electron chi connectivity index (χ3n) is 3.11. The SMILES string of the molecule is CCc1cc(=O)n2[nH]c(C3CNC3)nc2c1. The predicted octanol–water partition coefficient (Wildman–Crippen LogP) is 0.272. The average molecular weight is 218 g/mol. The lowest BCUT2D eigenvalue weighted by Gasteiger charge is -2.24. The third-order valence-corrected chi connectivity index (χ3v) is 3.11. The first kappa shape index (κ1) is 9.59. The quantitative estimate of drug-likeness (QED) is 0.760. The fourth-order valence-corrected chi connectivity index (χ4v) is 1.93. The molecule has 0 amide bonds. The van der Waals surface area contributed by atoms with Crippen LogP contribution < -0.4 is 10.9 Å². The van der Waals surface area contributed by atoms with E-state index in [1.807, 2.05) is 13.0 Å². The van der Waals surface area contributed by atoms with Crippen LogP contribution in [0.5, 0.6) is 0 Å². The monoisotopic (exact) mass is 218 g/mol. The van der Waals surface area contributed by atoms with Gasteiger partial charge in [0.1, 0.15) is 5.82 Å². The van der Waals surface area contributed by atoms with Crippen LogP contribution in [-0.4, -0.2) is 27.7 Å². The number of pyridine rings is 1. The van der Waals surface area contributed by atoms with Crippen molar-refractivity contribution in [1.82, 2.24) is 19.9 Å². The van der Waals surface area contributed by atoms with Crippen LogP contribution in [0.4, 0.5) is 0 Å². The summed E-state index contributed by atoms with van der Waals surface area (Å²) in [5.41, 5.74) is 1.74. The Balaban J connectivity index is 2.15. The Labute approximate surface area is 92.5 Å². The van der Waals surface area contributed by atoms with Gasteiger partial charge in [-0.05, 0) is 18.1 Å². The van der Waals surface area contributed by atoms with Gasteiger partial charge in [0, 0.05) is 25.1 Å². The van der Waals surface area contributed by atoms with Gasteiger partial charge in [0.15, 0.2) is 5.65 Å². The van der Waals surface area contributed by atoms with Crippen molar-refractivity contribution in [2.75, 3.05) is 13.1 Å². The van der Waals surface area contributed by atoms with Gasteiger partial charge in [-0.2, -0.15) is 0 Å². The fraction of sp³-hybridized carbons (Fsp3) is 0.455. The van der Waals surface area contributed by atoms with Crippen LogP contribution in [0.1, 0.15) is 24.2 Å². The molecule has 0 saturated carbocycles. The van der Waals surface area contributed by atoms with E-state index in [0.717, 1.165) is 36.5 Å². The van der Waals surface area contributed by atoms with E-state index < -0.39 is 0 Å². The second-order valence-electron chi connectivity index (χ2n) is 4.21. The first-order valence-electron chi connectivity index (χ1n) is 5.60. The van der Waals surface area contributed by atoms with Gasteiger partial charge in [-0.25, -0.2) is 9.50 Å². The van der Waals surface area contributed by atoms with Gasteiger partial charge in [0.2, 0.25) is 0 Å². The van der Waals surface area contributed by atoms with Gasteiger partial charge in [-0.15, -0.1) is 0 Å². The highest BCUT2D eigenvalue weighted by molar-refractivity contribution is 5.41. The van der Waals surface area contributed by atoms with Crippen LogP contribution in [0.15, 0.2) is 16.9 Å². The Morgan fingerprint density at radius 1 is 1.50 bits per heavy atom. The minimum Gasteiger partial charge on any atom is -0.315 e. The summed E-state index contributed by atoms with van der Waals surface area (Å²) in [6.07, 6.45) is 0.860. The molecular weight excluding hydrogens is 204 g/mol. The van der Waals surface area contributed by atoms with Crippen molar-refractivity contribution < 1.29 is 0 Å². The van der Waals surface area contributed by atoms with E-state index >= 15 is 0 Å². The van der Waals surface area contributed by atoms with Gasteiger partial charge < -0.3 is 5.32 Å². The summed E-state index contributed by atoms with van der Waals surface area (Å²) in [6, 6.07) is 3.63. The number of fused-ring (bicyclic) bond motifs is 1. The minimum absolute atomic E-state index is 0.0274. The summed E-state index contributed by atoms with van der Waals surface area (Å²) < 4.78 is 1.52. The van der Waals surface area contributed by atoms with Crippen molar-refractivity contribution in [3.8, 4) is 0 Å². The average Bonchev–Trinajstić information content (AvgIpc) is 2.58. The molecule has 0 unspecified atom stereocenters. The first-order valence-corrected chi connectivity index (χ1v) is 5.60. The van der Waals surface area contributed by atoms with Crippen molar-refractivity contribution in [3.63, 3.8) is 0 Å². The minimum atomic E-state index is -0.0274. The number of aryl methyl sites for hydroxylation is 1. The molecule has 84 valence electrons. The molecule has 1 fully saturated rings. The molecule has 0 radical (unpaired) electrons. The Kier molecular flexibility index (Phi) is 2.07. The van der Waals surface area contributed by atoms with Crippen LogP contribution in [-0.2, 0) is 6.42 Å². The second-order valence-corrected chi connectivity index (χ2v) is 4.21. The molecule has 3 rings (SSSR count). The molecule has 2 aromatic heterocycles. The highest BCUT2D eigenvalue weighted by Gasteiger charge is 2.22. The number of aromatic nitrogens is 3. The Morgan fingerprint density at radius 2 is 2.31 bits per heavy atom. The number of nitrogens with one attached hydrogen (secondary N) is 2. The number of hydrogen-bond acceptors (Lipinski definition) is 3. The van der Waals surface area contributed by atoms with E-state index in [9.17, 15) is 4.79 Å². The summed E-state index contributed by atoms with van der Waals surface area (Å²) in [4.78, 5) is 16.2. The van der Waals surface area contributed by atoms with E-state index in [2.05, 4.69) is 15.4 Å². The van der Waals surface area contributed by atoms with E-state index in [4.69, 9.17) is 0 Å². The molecule has 16 heavy (non-hydrogen) atoms. The van der Waals surface area contributed by atoms with Crippen molar-refractivity contribution in [2.45, 2.75) is 19.3 Å². The highest BCUT2D eigenvalue weighted by atomic mass is 16.1. The molecule has 2 aromatic rings. The lowest BCUT2D eigenvalue weighted by atomic mass is 10.0. The first-order chi connectivity index (χ1) is 7.78.